The van der Waals surface area contributed by atoms with Gasteiger partial charge in [-0.15, -0.1) is 0 Å². The molecule has 2 aromatic carbocycles. The summed E-state index contributed by atoms with van der Waals surface area (Å²) in [5.74, 6) is 0.727. The molecular formula is C20H22BrNO4. The number of likely N-dealkylation sites (tertiary alicyclic amines) is 1. The molecule has 1 aliphatic rings. The number of methoxy groups -OCH3 is 2. The SMILES string of the molecule is COc1ccc(C(c2cc(Br)ccc2OC)N2CCCC2C(=O)O)cc1. The fourth-order valence-corrected chi connectivity index (χ4v) is 4.00. The molecular weight excluding hydrogens is 398 g/mol. The van der Waals surface area contributed by atoms with Crippen molar-refractivity contribution < 1.29 is 19.4 Å². The summed E-state index contributed by atoms with van der Waals surface area (Å²) in [5, 5.41) is 9.69. The van der Waals surface area contributed by atoms with E-state index in [1.54, 1.807) is 14.2 Å². The zero-order valence-electron chi connectivity index (χ0n) is 14.8. The highest BCUT2D eigenvalue weighted by Gasteiger charge is 2.38. The van der Waals surface area contributed by atoms with Crippen molar-refractivity contribution in [2.45, 2.75) is 24.9 Å². The Morgan fingerprint density at radius 2 is 1.92 bits per heavy atom. The van der Waals surface area contributed by atoms with Gasteiger partial charge in [-0.1, -0.05) is 28.1 Å². The fourth-order valence-electron chi connectivity index (χ4n) is 3.62. The van der Waals surface area contributed by atoms with Crippen LogP contribution in [-0.4, -0.2) is 42.8 Å². The van der Waals surface area contributed by atoms with Gasteiger partial charge in [-0.3, -0.25) is 9.69 Å². The smallest absolute Gasteiger partial charge is 0.320 e. The minimum atomic E-state index is -0.782. The quantitative estimate of drug-likeness (QED) is 0.763. The van der Waals surface area contributed by atoms with Crippen LogP contribution in [0, 0.1) is 0 Å². The lowest BCUT2D eigenvalue weighted by Gasteiger charge is -2.33. The molecule has 3 rings (SSSR count). The number of halogens is 1. The van der Waals surface area contributed by atoms with Gasteiger partial charge in [-0.25, -0.2) is 0 Å². The molecule has 6 heteroatoms. The molecule has 5 nitrogen and oxygen atoms in total. The summed E-state index contributed by atoms with van der Waals surface area (Å²) in [6.07, 6.45) is 1.51. The highest BCUT2D eigenvalue weighted by atomic mass is 79.9. The van der Waals surface area contributed by atoms with Gasteiger partial charge in [0, 0.05) is 16.6 Å². The van der Waals surface area contributed by atoms with Gasteiger partial charge in [0.15, 0.2) is 0 Å². The highest BCUT2D eigenvalue weighted by molar-refractivity contribution is 9.10. The maximum Gasteiger partial charge on any atom is 0.320 e. The Balaban J connectivity index is 2.12. The molecule has 0 bridgehead atoms. The molecule has 0 spiro atoms. The largest absolute Gasteiger partial charge is 0.497 e. The molecule has 1 saturated heterocycles. The second-order valence-corrected chi connectivity index (χ2v) is 7.21. The number of rotatable bonds is 6. The van der Waals surface area contributed by atoms with Crippen molar-refractivity contribution in [2.75, 3.05) is 20.8 Å². The summed E-state index contributed by atoms with van der Waals surface area (Å²) in [6.45, 7) is 0.726. The molecule has 138 valence electrons. The van der Waals surface area contributed by atoms with Gasteiger partial charge in [-0.05, 0) is 48.7 Å². The fraction of sp³-hybridized carbons (Fsp3) is 0.350. The zero-order valence-corrected chi connectivity index (χ0v) is 16.4. The monoisotopic (exact) mass is 419 g/mol. The van der Waals surface area contributed by atoms with Gasteiger partial charge in [0.1, 0.15) is 17.5 Å². The summed E-state index contributed by atoms with van der Waals surface area (Å²) in [7, 11) is 3.27. The summed E-state index contributed by atoms with van der Waals surface area (Å²) < 4.78 is 11.8. The Labute approximate surface area is 161 Å². The predicted octanol–water partition coefficient (Wildman–Crippen LogP) is 4.10. The molecule has 2 atom stereocenters. The van der Waals surface area contributed by atoms with Crippen molar-refractivity contribution in [3.63, 3.8) is 0 Å². The molecule has 0 aromatic heterocycles. The second-order valence-electron chi connectivity index (χ2n) is 6.30. The minimum absolute atomic E-state index is 0.211. The number of hydrogen-bond acceptors (Lipinski definition) is 4. The van der Waals surface area contributed by atoms with Crippen LogP contribution in [0.5, 0.6) is 11.5 Å². The summed E-state index contributed by atoms with van der Waals surface area (Å²) in [4.78, 5) is 13.8. The van der Waals surface area contributed by atoms with Crippen LogP contribution in [0.15, 0.2) is 46.9 Å². The van der Waals surface area contributed by atoms with E-state index in [1.807, 2.05) is 42.5 Å². The van der Waals surface area contributed by atoms with Crippen molar-refractivity contribution in [3.05, 3.63) is 58.1 Å². The number of carbonyl (C=O) groups is 1. The highest BCUT2D eigenvalue weighted by Crippen LogP contribution is 2.40. The molecule has 0 amide bonds. The third kappa shape index (κ3) is 3.71. The maximum atomic E-state index is 11.8. The van der Waals surface area contributed by atoms with Crippen molar-refractivity contribution >= 4 is 21.9 Å². The lowest BCUT2D eigenvalue weighted by molar-refractivity contribution is -0.142. The molecule has 1 heterocycles. The van der Waals surface area contributed by atoms with Crippen molar-refractivity contribution in [3.8, 4) is 11.5 Å². The van der Waals surface area contributed by atoms with Gasteiger partial charge in [-0.2, -0.15) is 0 Å². The predicted molar refractivity (Wildman–Crippen MR) is 103 cm³/mol. The number of benzene rings is 2. The molecule has 0 saturated carbocycles. The van der Waals surface area contributed by atoms with Gasteiger partial charge in [0.25, 0.3) is 0 Å². The Kier molecular flexibility index (Phi) is 5.84. The molecule has 26 heavy (non-hydrogen) atoms. The topological polar surface area (TPSA) is 59.0 Å². The third-order valence-electron chi connectivity index (χ3n) is 4.83. The van der Waals surface area contributed by atoms with Crippen LogP contribution in [0.3, 0.4) is 0 Å². The van der Waals surface area contributed by atoms with Crippen LogP contribution in [0.25, 0.3) is 0 Å². The first-order valence-corrected chi connectivity index (χ1v) is 9.30. The first-order chi connectivity index (χ1) is 12.5. The van der Waals surface area contributed by atoms with Crippen LogP contribution in [0.2, 0.25) is 0 Å². The average molecular weight is 420 g/mol. The van der Waals surface area contributed by atoms with Crippen LogP contribution in [-0.2, 0) is 4.79 Å². The molecule has 2 aromatic rings. The van der Waals surface area contributed by atoms with E-state index in [2.05, 4.69) is 20.8 Å². The van der Waals surface area contributed by atoms with E-state index in [4.69, 9.17) is 9.47 Å². The van der Waals surface area contributed by atoms with Gasteiger partial charge in [0.05, 0.1) is 20.3 Å². The van der Waals surface area contributed by atoms with Crippen LogP contribution >= 0.6 is 15.9 Å². The summed E-state index contributed by atoms with van der Waals surface area (Å²) in [5.41, 5.74) is 1.95. The van der Waals surface area contributed by atoms with E-state index in [-0.39, 0.29) is 6.04 Å². The van der Waals surface area contributed by atoms with E-state index < -0.39 is 12.0 Å². The number of aliphatic carboxylic acids is 1. The number of nitrogens with zero attached hydrogens (tertiary/aromatic N) is 1. The maximum absolute atomic E-state index is 11.8. The molecule has 1 N–H and O–H groups in total. The van der Waals surface area contributed by atoms with Crippen molar-refractivity contribution in [1.29, 1.82) is 0 Å². The number of ether oxygens (including phenoxy) is 2. The number of carboxylic acid groups (broad SMARTS) is 1. The summed E-state index contributed by atoms with van der Waals surface area (Å²) in [6, 6.07) is 12.9. The second kappa shape index (κ2) is 8.10. The molecule has 1 fully saturated rings. The van der Waals surface area contributed by atoms with E-state index in [0.29, 0.717) is 6.42 Å². The lowest BCUT2D eigenvalue weighted by Crippen LogP contribution is -2.39. The Morgan fingerprint density at radius 1 is 1.19 bits per heavy atom. The Bertz CT molecular complexity index is 778. The van der Waals surface area contributed by atoms with E-state index in [0.717, 1.165) is 40.1 Å². The average Bonchev–Trinajstić information content (AvgIpc) is 3.12. The van der Waals surface area contributed by atoms with Gasteiger partial charge >= 0.3 is 5.97 Å². The standard InChI is InChI=1S/C20H22BrNO4/c1-25-15-8-5-13(6-9-15)19(22-11-3-4-17(22)20(23)24)16-12-14(21)7-10-18(16)26-2/h5-10,12,17,19H,3-4,11H2,1-2H3,(H,23,24). The van der Waals surface area contributed by atoms with E-state index in [9.17, 15) is 9.90 Å². The number of hydrogen-bond donors (Lipinski definition) is 1. The molecule has 2 unspecified atom stereocenters. The first-order valence-electron chi connectivity index (χ1n) is 8.51. The van der Waals surface area contributed by atoms with E-state index in [1.165, 1.54) is 0 Å². The van der Waals surface area contributed by atoms with Crippen LogP contribution in [0.1, 0.15) is 30.0 Å². The van der Waals surface area contributed by atoms with Crippen molar-refractivity contribution in [1.82, 2.24) is 4.90 Å². The van der Waals surface area contributed by atoms with E-state index >= 15 is 0 Å². The number of carboxylic acids is 1. The lowest BCUT2D eigenvalue weighted by atomic mass is 9.95. The van der Waals surface area contributed by atoms with Crippen molar-refractivity contribution in [2.24, 2.45) is 0 Å². The van der Waals surface area contributed by atoms with Crippen LogP contribution < -0.4 is 9.47 Å². The van der Waals surface area contributed by atoms with Crippen LogP contribution in [0.4, 0.5) is 0 Å². The van der Waals surface area contributed by atoms with Gasteiger partial charge < -0.3 is 14.6 Å². The Morgan fingerprint density at radius 3 is 2.54 bits per heavy atom. The molecule has 0 aliphatic carbocycles. The van der Waals surface area contributed by atoms with Gasteiger partial charge in [0.2, 0.25) is 0 Å². The molecule has 0 radical (unpaired) electrons. The normalized spacial score (nSPS) is 18.5. The first kappa shape index (κ1) is 18.7. The third-order valence-corrected chi connectivity index (χ3v) is 5.32. The summed E-state index contributed by atoms with van der Waals surface area (Å²) >= 11 is 3.53. The Hall–Kier alpha value is -2.05. The zero-order chi connectivity index (χ0) is 18.7. The molecule has 1 aliphatic heterocycles. The minimum Gasteiger partial charge on any atom is -0.497 e.